The highest BCUT2D eigenvalue weighted by atomic mass is 35.6. The van der Waals surface area contributed by atoms with E-state index in [0.29, 0.717) is 0 Å². The van der Waals surface area contributed by atoms with Crippen LogP contribution >= 0.6 is 34.8 Å². The van der Waals surface area contributed by atoms with Crippen LogP contribution < -0.4 is 0 Å². The smallest absolute Gasteiger partial charge is 0.240 e. The molecule has 0 saturated carbocycles. The van der Waals surface area contributed by atoms with E-state index in [0.717, 1.165) is 0 Å². The van der Waals surface area contributed by atoms with Crippen molar-refractivity contribution in [3.8, 4) is 0 Å². The quantitative estimate of drug-likeness (QED) is 0.405. The molecule has 4 N–H and O–H groups in total. The number of hydrogen-bond donors (Lipinski definition) is 2. The summed E-state index contributed by atoms with van der Waals surface area (Å²) in [6.07, 6.45) is -1.91. The zero-order valence-electron chi connectivity index (χ0n) is 3.61. The Morgan fingerprint density at radius 1 is 1.12 bits per heavy atom. The Morgan fingerprint density at radius 2 is 1.25 bits per heavy atom. The van der Waals surface area contributed by atoms with Gasteiger partial charge in [-0.1, -0.05) is 34.8 Å². The van der Waals surface area contributed by atoms with E-state index in [1.54, 1.807) is 0 Å². The van der Waals surface area contributed by atoms with E-state index in [2.05, 4.69) is 0 Å². The van der Waals surface area contributed by atoms with Gasteiger partial charge in [0.05, 0.1) is 0 Å². The van der Waals surface area contributed by atoms with Crippen LogP contribution in [0, 0.1) is 0 Å². The van der Waals surface area contributed by atoms with Crippen molar-refractivity contribution in [2.24, 2.45) is 0 Å². The first-order valence-electron chi connectivity index (χ1n) is 1.37. The Morgan fingerprint density at radius 3 is 1.25 bits per heavy atom. The Hall–Kier alpha value is 0.750. The van der Waals surface area contributed by atoms with Crippen LogP contribution in [0.4, 0.5) is 0 Å². The van der Waals surface area contributed by atoms with Gasteiger partial charge in [-0.25, -0.2) is 0 Å². The monoisotopic (exact) mass is 182 g/mol. The molecule has 0 aromatic heterocycles. The van der Waals surface area contributed by atoms with Crippen molar-refractivity contribution in [1.29, 1.82) is 0 Å². The molecule has 8 heavy (non-hydrogen) atoms. The lowest BCUT2D eigenvalue weighted by molar-refractivity contribution is -0.0355. The third kappa shape index (κ3) is 4.90. The number of halogens is 3. The summed E-state index contributed by atoms with van der Waals surface area (Å²) in [7, 11) is 0. The zero-order valence-corrected chi connectivity index (χ0v) is 5.87. The van der Waals surface area contributed by atoms with Gasteiger partial charge in [-0.3, -0.25) is 0 Å². The van der Waals surface area contributed by atoms with Crippen molar-refractivity contribution in [3.05, 3.63) is 0 Å². The predicted octanol–water partition coefficient (Wildman–Crippen LogP) is -0.157. The van der Waals surface area contributed by atoms with Crippen molar-refractivity contribution in [2.75, 3.05) is 0 Å². The average molecular weight is 183 g/mol. The first-order valence-corrected chi connectivity index (χ1v) is 2.51. The Labute approximate surface area is 61.1 Å². The summed E-state index contributed by atoms with van der Waals surface area (Å²) >= 11 is 14.7. The van der Waals surface area contributed by atoms with Crippen molar-refractivity contribution in [1.82, 2.24) is 0 Å². The molecular formula is C2H5Cl3O3. The first-order chi connectivity index (χ1) is 2.94. The van der Waals surface area contributed by atoms with Crippen molar-refractivity contribution >= 4 is 34.8 Å². The van der Waals surface area contributed by atoms with Gasteiger partial charge in [-0.15, -0.1) is 0 Å². The maximum Gasteiger partial charge on any atom is 0.240 e. The fourth-order valence-corrected chi connectivity index (χ4v) is 0. The Balaban J connectivity index is 0. The molecule has 6 heteroatoms. The van der Waals surface area contributed by atoms with Crippen LogP contribution in [-0.2, 0) is 0 Å². The molecule has 0 radical (unpaired) electrons. The lowest BCUT2D eigenvalue weighted by Gasteiger charge is -2.10. The predicted molar refractivity (Wildman–Crippen MR) is 32.1 cm³/mol. The highest BCUT2D eigenvalue weighted by Crippen LogP contribution is 2.28. The maximum atomic E-state index is 8.05. The summed E-state index contributed by atoms with van der Waals surface area (Å²) in [5, 5.41) is 16.1. The minimum Gasteiger partial charge on any atom is -0.412 e. The van der Waals surface area contributed by atoms with Crippen LogP contribution in [0.25, 0.3) is 0 Å². The van der Waals surface area contributed by atoms with E-state index < -0.39 is 10.1 Å². The second kappa shape index (κ2) is 3.71. The summed E-state index contributed by atoms with van der Waals surface area (Å²) in [6, 6.07) is 0. The van der Waals surface area contributed by atoms with Crippen LogP contribution in [0.15, 0.2) is 0 Å². The molecule has 0 unspecified atom stereocenters. The van der Waals surface area contributed by atoms with E-state index in [9.17, 15) is 0 Å². The van der Waals surface area contributed by atoms with Gasteiger partial charge < -0.3 is 15.7 Å². The molecule has 0 fully saturated rings. The molecule has 0 aromatic carbocycles. The largest absolute Gasteiger partial charge is 0.412 e. The topological polar surface area (TPSA) is 72.0 Å². The third-order valence-electron chi connectivity index (χ3n) is 0.293. The fourth-order valence-electron chi connectivity index (χ4n) is 0. The summed E-state index contributed by atoms with van der Waals surface area (Å²) in [5.74, 6) is 0. The molecule has 0 aliphatic rings. The summed E-state index contributed by atoms with van der Waals surface area (Å²) in [4.78, 5) is 0. The molecule has 0 aromatic rings. The van der Waals surface area contributed by atoms with Gasteiger partial charge in [0.25, 0.3) is 0 Å². The average Bonchev–Trinajstić information content (AvgIpc) is 1.31. The molecule has 0 rings (SSSR count). The van der Waals surface area contributed by atoms with Crippen LogP contribution in [0.1, 0.15) is 0 Å². The molecule has 0 heterocycles. The Bertz CT molecular complexity index is 58.0. The molecular weight excluding hydrogens is 178 g/mol. The van der Waals surface area contributed by atoms with E-state index in [1.165, 1.54) is 0 Å². The molecule has 0 atom stereocenters. The van der Waals surface area contributed by atoms with E-state index >= 15 is 0 Å². The van der Waals surface area contributed by atoms with Gasteiger partial charge >= 0.3 is 0 Å². The summed E-state index contributed by atoms with van der Waals surface area (Å²) < 4.78 is -1.97. The van der Waals surface area contributed by atoms with Gasteiger partial charge in [-0.2, -0.15) is 0 Å². The van der Waals surface area contributed by atoms with Crippen LogP contribution in [-0.4, -0.2) is 25.8 Å². The van der Waals surface area contributed by atoms with Crippen LogP contribution in [0.2, 0.25) is 0 Å². The third-order valence-corrected chi connectivity index (χ3v) is 0.878. The van der Waals surface area contributed by atoms with Crippen LogP contribution in [0.3, 0.4) is 0 Å². The van der Waals surface area contributed by atoms with Crippen molar-refractivity contribution < 1.29 is 15.7 Å². The molecule has 0 spiro atoms. The highest BCUT2D eigenvalue weighted by Gasteiger charge is 2.28. The second-order valence-corrected chi connectivity index (χ2v) is 3.28. The number of hydrogen-bond acceptors (Lipinski definition) is 2. The molecule has 3 nitrogen and oxygen atoms in total. The van der Waals surface area contributed by atoms with Gasteiger partial charge in [0, 0.05) is 0 Å². The molecule has 52 valence electrons. The van der Waals surface area contributed by atoms with Crippen molar-refractivity contribution in [3.63, 3.8) is 0 Å². The van der Waals surface area contributed by atoms with Crippen molar-refractivity contribution in [2.45, 2.75) is 10.1 Å². The minimum absolute atomic E-state index is 0. The lowest BCUT2D eigenvalue weighted by Crippen LogP contribution is -2.23. The number of aliphatic hydroxyl groups is 2. The molecule has 0 aliphatic carbocycles. The maximum absolute atomic E-state index is 8.05. The van der Waals surface area contributed by atoms with Crippen LogP contribution in [0.5, 0.6) is 0 Å². The molecule has 0 aliphatic heterocycles. The minimum atomic E-state index is -1.97. The molecule has 0 amide bonds. The van der Waals surface area contributed by atoms with E-state index in [4.69, 9.17) is 45.0 Å². The normalized spacial score (nSPS) is 11.2. The van der Waals surface area contributed by atoms with Gasteiger partial charge in [0.1, 0.15) is 0 Å². The van der Waals surface area contributed by atoms with E-state index in [1.807, 2.05) is 0 Å². The van der Waals surface area contributed by atoms with Gasteiger partial charge in [0.15, 0.2) is 6.29 Å². The SMILES string of the molecule is O.OC(O)C(Cl)(Cl)Cl. The highest BCUT2D eigenvalue weighted by molar-refractivity contribution is 6.67. The van der Waals surface area contributed by atoms with E-state index in [-0.39, 0.29) is 5.48 Å². The molecule has 0 saturated heterocycles. The summed E-state index contributed by atoms with van der Waals surface area (Å²) in [5.41, 5.74) is 0. The van der Waals surface area contributed by atoms with Gasteiger partial charge in [0.2, 0.25) is 3.79 Å². The lowest BCUT2D eigenvalue weighted by atomic mass is 10.8. The standard InChI is InChI=1S/C2H3Cl3O2.H2O/c3-2(4,5)1(6)7;/h1,6-7H;1H2. The fraction of sp³-hybridized carbons (Fsp3) is 1.00. The number of aliphatic hydroxyl groups excluding tert-OH is 1. The van der Waals surface area contributed by atoms with Gasteiger partial charge in [-0.05, 0) is 0 Å². The molecule has 0 bridgehead atoms. The summed E-state index contributed by atoms with van der Waals surface area (Å²) in [6.45, 7) is 0. The zero-order chi connectivity index (χ0) is 6.08. The Kier molecular flexibility index (Phi) is 5.36. The number of rotatable bonds is 0. The number of alkyl halides is 3. The first kappa shape index (κ1) is 11.5. The second-order valence-electron chi connectivity index (χ2n) is 0.915.